The summed E-state index contributed by atoms with van der Waals surface area (Å²) in [6, 6.07) is 2.31. The molecule has 2 atom stereocenters. The summed E-state index contributed by atoms with van der Waals surface area (Å²) in [7, 11) is 0. The Morgan fingerprint density at radius 1 is 1.48 bits per heavy atom. The van der Waals surface area contributed by atoms with Crippen molar-refractivity contribution in [3.05, 3.63) is 16.0 Å². The molecule has 2 N–H and O–H groups in total. The smallest absolute Gasteiger partial charge is 0.229 e. The lowest BCUT2D eigenvalue weighted by Gasteiger charge is -2.21. The maximum atomic E-state index is 12.4. The minimum absolute atomic E-state index is 0.0309. The van der Waals surface area contributed by atoms with Gasteiger partial charge in [-0.1, -0.05) is 6.92 Å². The first-order chi connectivity index (χ1) is 10.2. The fraction of sp³-hybridized carbons (Fsp3) is 0.625. The topological polar surface area (TPSA) is 64.9 Å². The third-order valence-corrected chi connectivity index (χ3v) is 5.70. The largest absolute Gasteiger partial charge is 0.316 e. The highest BCUT2D eigenvalue weighted by Crippen LogP contribution is 2.39. The first-order valence-electron chi connectivity index (χ1n) is 7.75. The fourth-order valence-corrected chi connectivity index (χ4v) is 4.61. The molecule has 0 saturated carbocycles. The lowest BCUT2D eigenvalue weighted by molar-refractivity contribution is -0.120. The van der Waals surface area contributed by atoms with E-state index in [-0.39, 0.29) is 11.8 Å². The Kier molecular flexibility index (Phi) is 4.27. The van der Waals surface area contributed by atoms with Crippen molar-refractivity contribution in [2.45, 2.75) is 39.0 Å². The minimum Gasteiger partial charge on any atom is -0.316 e. The van der Waals surface area contributed by atoms with Crippen molar-refractivity contribution in [3.8, 4) is 6.07 Å². The van der Waals surface area contributed by atoms with Gasteiger partial charge < -0.3 is 10.6 Å². The van der Waals surface area contributed by atoms with Crippen LogP contribution in [0.2, 0.25) is 0 Å². The number of hydrogen-bond donors (Lipinski definition) is 2. The van der Waals surface area contributed by atoms with Crippen LogP contribution in [-0.2, 0) is 17.6 Å². The van der Waals surface area contributed by atoms with Crippen LogP contribution in [-0.4, -0.2) is 19.0 Å². The second kappa shape index (κ2) is 6.17. The molecule has 0 aromatic carbocycles. The molecular formula is C16H21N3OS. The van der Waals surface area contributed by atoms with Crippen LogP contribution in [0.25, 0.3) is 0 Å². The van der Waals surface area contributed by atoms with Gasteiger partial charge in [0, 0.05) is 11.4 Å². The third kappa shape index (κ3) is 2.97. The number of anilines is 1. The Balaban J connectivity index is 1.79. The van der Waals surface area contributed by atoms with Crippen molar-refractivity contribution in [2.75, 3.05) is 18.4 Å². The van der Waals surface area contributed by atoms with Crippen molar-refractivity contribution in [1.82, 2.24) is 5.32 Å². The van der Waals surface area contributed by atoms with Crippen LogP contribution in [0.1, 0.15) is 42.2 Å². The van der Waals surface area contributed by atoms with Gasteiger partial charge in [-0.15, -0.1) is 11.3 Å². The van der Waals surface area contributed by atoms with Gasteiger partial charge in [-0.3, -0.25) is 4.79 Å². The maximum absolute atomic E-state index is 12.4. The first-order valence-corrected chi connectivity index (χ1v) is 8.57. The van der Waals surface area contributed by atoms with Crippen LogP contribution in [0.3, 0.4) is 0 Å². The lowest BCUT2D eigenvalue weighted by Crippen LogP contribution is -2.37. The van der Waals surface area contributed by atoms with E-state index >= 15 is 0 Å². The molecule has 0 spiro atoms. The SMILES string of the molecule is CC1CCc2c(sc(NC(=O)C3CCCNC3)c2C#N)C1. The van der Waals surface area contributed by atoms with E-state index < -0.39 is 0 Å². The Morgan fingerprint density at radius 2 is 2.33 bits per heavy atom. The predicted molar refractivity (Wildman–Crippen MR) is 84.4 cm³/mol. The normalized spacial score (nSPS) is 25.0. The predicted octanol–water partition coefficient (Wildman–Crippen LogP) is 2.68. The van der Waals surface area contributed by atoms with Crippen LogP contribution >= 0.6 is 11.3 Å². The van der Waals surface area contributed by atoms with Crippen molar-refractivity contribution < 1.29 is 4.79 Å². The van der Waals surface area contributed by atoms with Crippen molar-refractivity contribution in [3.63, 3.8) is 0 Å². The molecule has 1 fully saturated rings. The zero-order valence-corrected chi connectivity index (χ0v) is 13.2. The second-order valence-corrected chi connectivity index (χ2v) is 7.31. The van der Waals surface area contributed by atoms with Crippen molar-refractivity contribution in [1.29, 1.82) is 5.26 Å². The summed E-state index contributed by atoms with van der Waals surface area (Å²) in [5.41, 5.74) is 1.89. The molecule has 1 aliphatic heterocycles. The molecule has 2 aliphatic rings. The van der Waals surface area contributed by atoms with Crippen LogP contribution in [0.15, 0.2) is 0 Å². The lowest BCUT2D eigenvalue weighted by atomic mass is 9.88. The van der Waals surface area contributed by atoms with E-state index in [1.54, 1.807) is 11.3 Å². The molecular weight excluding hydrogens is 282 g/mol. The van der Waals surface area contributed by atoms with E-state index in [9.17, 15) is 10.1 Å². The molecule has 3 rings (SSSR count). The molecule has 5 heteroatoms. The molecule has 0 bridgehead atoms. The van der Waals surface area contributed by atoms with Gasteiger partial charge in [-0.2, -0.15) is 5.26 Å². The number of nitriles is 1. The van der Waals surface area contributed by atoms with E-state index in [1.165, 1.54) is 10.4 Å². The van der Waals surface area contributed by atoms with Gasteiger partial charge in [0.05, 0.1) is 11.5 Å². The molecule has 1 aliphatic carbocycles. The van der Waals surface area contributed by atoms with E-state index in [1.807, 2.05) is 0 Å². The monoisotopic (exact) mass is 303 g/mol. The molecule has 112 valence electrons. The van der Waals surface area contributed by atoms with Gasteiger partial charge in [-0.05, 0) is 50.1 Å². The summed E-state index contributed by atoms with van der Waals surface area (Å²) >= 11 is 1.61. The number of carbonyl (C=O) groups is 1. The number of carbonyl (C=O) groups excluding carboxylic acids is 1. The molecule has 0 radical (unpaired) electrons. The quantitative estimate of drug-likeness (QED) is 0.883. The number of nitrogens with one attached hydrogen (secondary N) is 2. The summed E-state index contributed by atoms with van der Waals surface area (Å²) in [6.45, 7) is 3.99. The Labute approximate surface area is 129 Å². The highest BCUT2D eigenvalue weighted by atomic mass is 32.1. The molecule has 21 heavy (non-hydrogen) atoms. The van der Waals surface area contributed by atoms with E-state index in [0.29, 0.717) is 11.5 Å². The van der Waals surface area contributed by atoms with Crippen LogP contribution in [0.4, 0.5) is 5.00 Å². The molecule has 1 aromatic rings. The van der Waals surface area contributed by atoms with Gasteiger partial charge in [0.2, 0.25) is 5.91 Å². The van der Waals surface area contributed by atoms with E-state index in [2.05, 4.69) is 23.6 Å². The highest BCUT2D eigenvalue weighted by Gasteiger charge is 2.27. The standard InChI is InChI=1S/C16H21N3OS/c1-10-4-5-12-13(8-17)16(21-14(12)7-10)19-15(20)11-3-2-6-18-9-11/h10-11,18H,2-7,9H2,1H3,(H,19,20). The molecule has 1 saturated heterocycles. The molecule has 1 aromatic heterocycles. The summed E-state index contributed by atoms with van der Waals surface area (Å²) in [5, 5.41) is 16.5. The Morgan fingerprint density at radius 3 is 3.05 bits per heavy atom. The minimum atomic E-state index is 0.0309. The highest BCUT2D eigenvalue weighted by molar-refractivity contribution is 7.16. The molecule has 2 heterocycles. The van der Waals surface area contributed by atoms with Crippen molar-refractivity contribution >= 4 is 22.2 Å². The zero-order valence-electron chi connectivity index (χ0n) is 12.4. The Hall–Kier alpha value is -1.38. The summed E-state index contributed by atoms with van der Waals surface area (Å²) < 4.78 is 0. The number of nitrogens with zero attached hydrogens (tertiary/aromatic N) is 1. The van der Waals surface area contributed by atoms with Gasteiger partial charge in [0.15, 0.2) is 0 Å². The first kappa shape index (κ1) is 14.6. The fourth-order valence-electron chi connectivity index (χ4n) is 3.25. The third-order valence-electron chi connectivity index (χ3n) is 4.53. The second-order valence-electron chi connectivity index (χ2n) is 6.20. The van der Waals surface area contributed by atoms with Crippen molar-refractivity contribution in [2.24, 2.45) is 11.8 Å². The van der Waals surface area contributed by atoms with Gasteiger partial charge >= 0.3 is 0 Å². The van der Waals surface area contributed by atoms with Crippen LogP contribution in [0, 0.1) is 23.2 Å². The van der Waals surface area contributed by atoms with Crippen LogP contribution < -0.4 is 10.6 Å². The number of rotatable bonds is 2. The Bertz CT molecular complexity index is 581. The van der Waals surface area contributed by atoms with Crippen LogP contribution in [0.5, 0.6) is 0 Å². The molecule has 4 nitrogen and oxygen atoms in total. The van der Waals surface area contributed by atoms with Gasteiger partial charge in [0.25, 0.3) is 0 Å². The number of piperidine rings is 1. The number of fused-ring (bicyclic) bond motifs is 1. The summed E-state index contributed by atoms with van der Waals surface area (Å²) in [4.78, 5) is 13.7. The molecule has 1 amide bonds. The van der Waals surface area contributed by atoms with E-state index in [0.717, 1.165) is 50.2 Å². The number of thiophene rings is 1. The summed E-state index contributed by atoms with van der Waals surface area (Å²) in [5.74, 6) is 0.766. The van der Waals surface area contributed by atoms with E-state index in [4.69, 9.17) is 0 Å². The number of hydrogen-bond acceptors (Lipinski definition) is 4. The summed E-state index contributed by atoms with van der Waals surface area (Å²) in [6.07, 6.45) is 5.12. The molecule has 2 unspecified atom stereocenters. The van der Waals surface area contributed by atoms with Gasteiger partial charge in [0.1, 0.15) is 11.1 Å². The average Bonchev–Trinajstić information content (AvgIpc) is 2.84. The maximum Gasteiger partial charge on any atom is 0.229 e. The van der Waals surface area contributed by atoms with Gasteiger partial charge in [-0.25, -0.2) is 0 Å². The zero-order chi connectivity index (χ0) is 14.8. The number of amides is 1. The average molecular weight is 303 g/mol.